The lowest BCUT2D eigenvalue weighted by Gasteiger charge is -2.30. The van der Waals surface area contributed by atoms with Gasteiger partial charge in [0.25, 0.3) is 0 Å². The van der Waals surface area contributed by atoms with Crippen molar-refractivity contribution < 1.29 is 28.5 Å². The molecule has 2 aliphatic heterocycles. The first kappa shape index (κ1) is 27.0. The maximum Gasteiger partial charge on any atom is 0.407 e. The minimum absolute atomic E-state index is 0.0590. The monoisotopic (exact) mass is 540 g/mol. The Hall–Kier alpha value is -2.56. The number of amides is 1. The van der Waals surface area contributed by atoms with Crippen molar-refractivity contribution in [3.63, 3.8) is 0 Å². The number of aliphatic hydroxyl groups is 1. The highest BCUT2D eigenvalue weighted by Gasteiger charge is 2.44. The van der Waals surface area contributed by atoms with E-state index in [4.69, 9.17) is 18.6 Å². The normalized spacial score (nSPS) is 22.6. The molecule has 2 aliphatic rings. The number of ether oxygens (including phenoxy) is 3. The zero-order valence-corrected chi connectivity index (χ0v) is 22.6. The van der Waals surface area contributed by atoms with Crippen molar-refractivity contribution in [3.05, 3.63) is 66.4 Å². The third kappa shape index (κ3) is 6.90. The van der Waals surface area contributed by atoms with Crippen molar-refractivity contribution in [1.82, 2.24) is 9.62 Å². The second kappa shape index (κ2) is 12.5. The molecule has 3 heterocycles. The summed E-state index contributed by atoms with van der Waals surface area (Å²) in [5.41, 5.74) is 1.87. The predicted molar refractivity (Wildman–Crippen MR) is 146 cm³/mol. The van der Waals surface area contributed by atoms with E-state index in [0.717, 1.165) is 34.4 Å². The molecule has 2 saturated heterocycles. The number of benzene rings is 2. The smallest absolute Gasteiger partial charge is 0.407 e. The van der Waals surface area contributed by atoms with E-state index in [9.17, 15) is 9.90 Å². The number of nitrogens with one attached hydrogen (secondary N) is 1. The molecule has 1 amide bonds. The van der Waals surface area contributed by atoms with Gasteiger partial charge in [-0.25, -0.2) is 9.10 Å². The molecule has 0 aliphatic carbocycles. The first-order valence-corrected chi connectivity index (χ1v) is 14.0. The van der Waals surface area contributed by atoms with E-state index in [1.807, 2.05) is 48.5 Å². The maximum absolute atomic E-state index is 13.0. The van der Waals surface area contributed by atoms with Crippen molar-refractivity contribution in [2.75, 3.05) is 26.3 Å². The van der Waals surface area contributed by atoms with Gasteiger partial charge in [0.2, 0.25) is 0 Å². The molecule has 3 aromatic rings. The second-order valence-electron chi connectivity index (χ2n) is 10.4. The van der Waals surface area contributed by atoms with Crippen LogP contribution in [0.2, 0.25) is 0 Å². The van der Waals surface area contributed by atoms with Gasteiger partial charge in [0, 0.05) is 23.4 Å². The molecule has 0 radical (unpaired) electrons. The molecule has 2 aromatic carbocycles. The SMILES string of the molecule is CC(C)CN(CC(O)C(Cc1ccccc1)NC(=O)OC1COC2OCCC12)Sc1ccc2occc2c1. The van der Waals surface area contributed by atoms with Crippen molar-refractivity contribution in [3.8, 4) is 0 Å². The number of alkyl carbamates (subject to hydrolysis) is 1. The lowest BCUT2D eigenvalue weighted by atomic mass is 10.0. The minimum atomic E-state index is -0.825. The topological polar surface area (TPSA) is 93.4 Å². The predicted octanol–water partition coefficient (Wildman–Crippen LogP) is 4.86. The van der Waals surface area contributed by atoms with Crippen LogP contribution in [0.4, 0.5) is 4.79 Å². The van der Waals surface area contributed by atoms with E-state index in [1.165, 1.54) is 0 Å². The average molecular weight is 541 g/mol. The number of rotatable bonds is 11. The van der Waals surface area contributed by atoms with Crippen LogP contribution >= 0.6 is 11.9 Å². The third-order valence-corrected chi connectivity index (χ3v) is 7.95. The molecule has 38 heavy (non-hydrogen) atoms. The maximum atomic E-state index is 13.0. The largest absolute Gasteiger partial charge is 0.464 e. The fourth-order valence-corrected chi connectivity index (χ4v) is 6.27. The van der Waals surface area contributed by atoms with Crippen LogP contribution in [0.1, 0.15) is 25.8 Å². The average Bonchev–Trinajstić information content (AvgIpc) is 3.62. The van der Waals surface area contributed by atoms with Crippen LogP contribution in [-0.2, 0) is 20.6 Å². The number of furan rings is 1. The van der Waals surface area contributed by atoms with Gasteiger partial charge in [-0.2, -0.15) is 0 Å². The summed E-state index contributed by atoms with van der Waals surface area (Å²) in [5, 5.41) is 15.4. The molecular formula is C29H36N2O6S. The van der Waals surface area contributed by atoms with Crippen molar-refractivity contribution >= 4 is 29.0 Å². The van der Waals surface area contributed by atoms with Gasteiger partial charge in [-0.1, -0.05) is 44.2 Å². The van der Waals surface area contributed by atoms with E-state index >= 15 is 0 Å². The summed E-state index contributed by atoms with van der Waals surface area (Å²) < 4.78 is 24.5. The third-order valence-electron chi connectivity index (χ3n) is 6.93. The van der Waals surface area contributed by atoms with Crippen LogP contribution in [0.5, 0.6) is 0 Å². The van der Waals surface area contributed by atoms with Crippen LogP contribution < -0.4 is 5.32 Å². The second-order valence-corrected chi connectivity index (χ2v) is 11.6. The Labute approximate surface area is 227 Å². The summed E-state index contributed by atoms with van der Waals surface area (Å²) in [6.07, 6.45) is 0.975. The lowest BCUT2D eigenvalue weighted by molar-refractivity contribution is -0.0907. The highest BCUT2D eigenvalue weighted by Crippen LogP contribution is 2.33. The molecule has 0 saturated carbocycles. The first-order chi connectivity index (χ1) is 18.4. The first-order valence-electron chi connectivity index (χ1n) is 13.3. The molecule has 0 spiro atoms. The van der Waals surface area contributed by atoms with E-state index in [2.05, 4.69) is 29.5 Å². The van der Waals surface area contributed by atoms with Gasteiger partial charge in [-0.3, -0.25) is 0 Å². The zero-order valence-electron chi connectivity index (χ0n) is 21.8. The summed E-state index contributed by atoms with van der Waals surface area (Å²) in [5.74, 6) is 0.450. The molecule has 204 valence electrons. The van der Waals surface area contributed by atoms with Gasteiger partial charge in [0.1, 0.15) is 11.7 Å². The van der Waals surface area contributed by atoms with Gasteiger partial charge in [-0.05, 0) is 60.5 Å². The van der Waals surface area contributed by atoms with Gasteiger partial charge in [-0.15, -0.1) is 0 Å². The number of aliphatic hydroxyl groups excluding tert-OH is 1. The fourth-order valence-electron chi connectivity index (χ4n) is 5.06. The number of nitrogens with zero attached hydrogens (tertiary/aromatic N) is 1. The standard InChI is InChI=1S/C29H36N2O6S/c1-19(2)16-31(38-22-8-9-26-21(15-22)10-12-34-26)17-25(32)24(14-20-6-4-3-5-7-20)30-29(33)37-27-18-36-28-23(27)11-13-35-28/h3-10,12,15,19,23-25,27-28,32H,11,13-14,16-18H2,1-2H3,(H,30,33). The summed E-state index contributed by atoms with van der Waals surface area (Å²) >= 11 is 1.60. The number of carbonyl (C=O) groups excluding carboxylic acids is 1. The molecule has 8 nitrogen and oxygen atoms in total. The molecule has 2 fully saturated rings. The lowest BCUT2D eigenvalue weighted by Crippen LogP contribution is -2.50. The van der Waals surface area contributed by atoms with Crippen LogP contribution in [-0.4, -0.2) is 66.3 Å². The number of fused-ring (bicyclic) bond motifs is 2. The van der Waals surface area contributed by atoms with Crippen molar-refractivity contribution in [2.24, 2.45) is 11.8 Å². The van der Waals surface area contributed by atoms with Gasteiger partial charge >= 0.3 is 6.09 Å². The summed E-state index contributed by atoms with van der Waals surface area (Å²) in [6, 6.07) is 17.4. The summed E-state index contributed by atoms with van der Waals surface area (Å²) in [7, 11) is 0. The number of hydrogen-bond donors (Lipinski definition) is 2. The quantitative estimate of drug-likeness (QED) is 0.333. The molecule has 1 aromatic heterocycles. The molecule has 0 bridgehead atoms. The Morgan fingerprint density at radius 3 is 2.82 bits per heavy atom. The van der Waals surface area contributed by atoms with Gasteiger partial charge < -0.3 is 29.1 Å². The van der Waals surface area contributed by atoms with Crippen molar-refractivity contribution in [2.45, 2.75) is 56.1 Å². The molecule has 5 atom stereocenters. The molecular weight excluding hydrogens is 504 g/mol. The van der Waals surface area contributed by atoms with E-state index in [-0.39, 0.29) is 18.3 Å². The Kier molecular flexibility index (Phi) is 8.91. The van der Waals surface area contributed by atoms with Crippen LogP contribution in [0, 0.1) is 11.8 Å². The Balaban J connectivity index is 1.27. The minimum Gasteiger partial charge on any atom is -0.464 e. The van der Waals surface area contributed by atoms with E-state index in [1.54, 1.807) is 18.2 Å². The van der Waals surface area contributed by atoms with Gasteiger partial charge in [0.15, 0.2) is 6.29 Å². The van der Waals surface area contributed by atoms with Crippen LogP contribution in [0.25, 0.3) is 11.0 Å². The zero-order chi connectivity index (χ0) is 26.5. The molecule has 5 unspecified atom stereocenters. The molecule has 9 heteroatoms. The van der Waals surface area contributed by atoms with Gasteiger partial charge in [0.05, 0.1) is 37.5 Å². The van der Waals surface area contributed by atoms with Crippen LogP contribution in [0.3, 0.4) is 0 Å². The highest BCUT2D eigenvalue weighted by atomic mass is 32.2. The summed E-state index contributed by atoms with van der Waals surface area (Å²) in [6.45, 7) is 6.39. The Morgan fingerprint density at radius 2 is 2.00 bits per heavy atom. The molecule has 5 rings (SSSR count). The summed E-state index contributed by atoms with van der Waals surface area (Å²) in [4.78, 5) is 14.0. The van der Waals surface area contributed by atoms with E-state index in [0.29, 0.717) is 32.1 Å². The highest BCUT2D eigenvalue weighted by molar-refractivity contribution is 7.97. The van der Waals surface area contributed by atoms with Crippen molar-refractivity contribution in [1.29, 1.82) is 0 Å². The van der Waals surface area contributed by atoms with E-state index < -0.39 is 18.2 Å². The number of carbonyl (C=O) groups is 1. The Morgan fingerprint density at radius 1 is 1.16 bits per heavy atom. The fraction of sp³-hybridized carbons (Fsp3) is 0.483. The van der Waals surface area contributed by atoms with Crippen LogP contribution in [0.15, 0.2) is 70.2 Å². The molecule has 2 N–H and O–H groups in total. The Bertz CT molecular complexity index is 1190. The number of hydrogen-bond acceptors (Lipinski definition) is 8.